The number of Topliss-reactive ketones (excluding diaryl/α,β-unsaturated/α-hetero) is 1. The minimum atomic E-state index is -1.04. The van der Waals surface area contributed by atoms with Crippen molar-refractivity contribution < 1.29 is 33.7 Å². The molecule has 5 rings (SSSR count). The quantitative estimate of drug-likeness (QED) is 0.239. The number of ketones is 1. The molecule has 9 heteroatoms. The Bertz CT molecular complexity index is 1600. The number of carbonyl (C=O) groups excluding carboxylic acids is 2. The van der Waals surface area contributed by atoms with E-state index in [9.17, 15) is 19.8 Å². The number of rotatable bonds is 8. The van der Waals surface area contributed by atoms with Crippen molar-refractivity contribution >= 4 is 39.9 Å². The minimum absolute atomic E-state index is 0.0568. The second kappa shape index (κ2) is 10.4. The fourth-order valence-corrected chi connectivity index (χ4v) is 4.78. The van der Waals surface area contributed by atoms with Crippen LogP contribution in [0.1, 0.15) is 36.0 Å². The van der Waals surface area contributed by atoms with Crippen molar-refractivity contribution in [1.29, 1.82) is 0 Å². The first kappa shape index (κ1) is 26.2. The maximum atomic E-state index is 13.9. The number of hydrogen-bond acceptors (Lipinski definition) is 7. The van der Waals surface area contributed by atoms with Crippen LogP contribution in [-0.4, -0.2) is 35.6 Å². The zero-order valence-electron chi connectivity index (χ0n) is 21.5. The lowest BCUT2D eigenvalue weighted by molar-refractivity contribution is -0.117. The van der Waals surface area contributed by atoms with E-state index in [1.165, 1.54) is 30.2 Å². The number of aromatic hydroxyl groups is 1. The van der Waals surface area contributed by atoms with Gasteiger partial charge < -0.3 is 24.1 Å². The van der Waals surface area contributed by atoms with Gasteiger partial charge in [-0.15, -0.1) is 0 Å². The second-order valence-corrected chi connectivity index (χ2v) is 10.0. The Balaban J connectivity index is 1.59. The average molecular weight is 548 g/mol. The van der Waals surface area contributed by atoms with Crippen LogP contribution in [-0.2, 0) is 4.79 Å². The normalized spacial score (nSPS) is 15.5. The summed E-state index contributed by atoms with van der Waals surface area (Å²) < 4.78 is 16.9. The Morgan fingerprint density at radius 3 is 2.49 bits per heavy atom. The van der Waals surface area contributed by atoms with Crippen LogP contribution in [0.3, 0.4) is 0 Å². The van der Waals surface area contributed by atoms with Gasteiger partial charge >= 0.3 is 0 Å². The molecule has 2 N–H and O–H groups in total. The molecule has 1 amide bonds. The van der Waals surface area contributed by atoms with Gasteiger partial charge in [0, 0.05) is 22.2 Å². The number of benzene rings is 3. The topological polar surface area (TPSA) is 109 Å². The maximum absolute atomic E-state index is 13.9. The van der Waals surface area contributed by atoms with E-state index in [4.69, 9.17) is 25.5 Å². The smallest absolute Gasteiger partial charge is 0.294 e. The number of amides is 1. The number of aliphatic hydroxyl groups is 1. The van der Waals surface area contributed by atoms with Crippen LogP contribution in [0.4, 0.5) is 5.69 Å². The van der Waals surface area contributed by atoms with Gasteiger partial charge in [0.05, 0.1) is 25.3 Å². The number of hydrogen-bond donors (Lipinski definition) is 2. The van der Waals surface area contributed by atoms with Gasteiger partial charge in [-0.3, -0.25) is 14.5 Å². The highest BCUT2D eigenvalue weighted by Gasteiger charge is 2.45. The molecule has 8 nitrogen and oxygen atoms in total. The molecular formula is C30H26ClNO7. The third kappa shape index (κ3) is 4.91. The van der Waals surface area contributed by atoms with Crippen molar-refractivity contribution in [3.05, 3.63) is 94.4 Å². The van der Waals surface area contributed by atoms with Crippen molar-refractivity contribution in [2.24, 2.45) is 5.92 Å². The van der Waals surface area contributed by atoms with E-state index in [2.05, 4.69) is 0 Å². The molecule has 2 heterocycles. The minimum Gasteiger partial charge on any atom is -0.508 e. The molecule has 0 saturated heterocycles. The number of phenols is 1. The monoisotopic (exact) mass is 547 g/mol. The highest BCUT2D eigenvalue weighted by Crippen LogP contribution is 2.44. The molecule has 1 unspecified atom stereocenters. The molecule has 0 saturated carbocycles. The van der Waals surface area contributed by atoms with Crippen molar-refractivity contribution in [2.45, 2.75) is 19.9 Å². The summed E-state index contributed by atoms with van der Waals surface area (Å²) >= 11 is 6.17. The molecule has 1 aromatic heterocycles. The Labute approximate surface area is 229 Å². The predicted octanol–water partition coefficient (Wildman–Crippen LogP) is 6.62. The van der Waals surface area contributed by atoms with Crippen molar-refractivity contribution in [3.8, 4) is 17.2 Å². The summed E-state index contributed by atoms with van der Waals surface area (Å²) in [5, 5.41) is 22.1. The van der Waals surface area contributed by atoms with E-state index in [0.29, 0.717) is 51.3 Å². The SMILES string of the molecule is COc1cc(Cl)cc2cc(C(=O)C3=C(O)C(=O)N(c4ccc(OCC(C)C)cc4)C3c3cccc(O)c3)oc12. The molecule has 1 aliphatic rings. The lowest BCUT2D eigenvalue weighted by atomic mass is 9.94. The largest absolute Gasteiger partial charge is 0.508 e. The highest BCUT2D eigenvalue weighted by molar-refractivity contribution is 6.31. The number of phenolic OH excluding ortho intramolecular Hbond substituents is 1. The fraction of sp³-hybridized carbons (Fsp3) is 0.200. The summed E-state index contributed by atoms with van der Waals surface area (Å²) in [7, 11) is 1.45. The van der Waals surface area contributed by atoms with Gasteiger partial charge in [0.2, 0.25) is 5.78 Å². The highest BCUT2D eigenvalue weighted by atomic mass is 35.5. The molecule has 0 aliphatic carbocycles. The second-order valence-electron chi connectivity index (χ2n) is 9.60. The summed E-state index contributed by atoms with van der Waals surface area (Å²) in [6.45, 7) is 4.61. The average Bonchev–Trinajstić information content (AvgIpc) is 3.45. The van der Waals surface area contributed by atoms with E-state index in [1.807, 2.05) is 13.8 Å². The Morgan fingerprint density at radius 1 is 1.08 bits per heavy atom. The van der Waals surface area contributed by atoms with Crippen LogP contribution >= 0.6 is 11.6 Å². The summed E-state index contributed by atoms with van der Waals surface area (Å²) in [6.07, 6.45) is 0. The summed E-state index contributed by atoms with van der Waals surface area (Å²) in [6, 6.07) is 16.6. The zero-order chi connectivity index (χ0) is 27.8. The maximum Gasteiger partial charge on any atom is 0.294 e. The number of furan rings is 1. The molecular weight excluding hydrogens is 522 g/mol. The fourth-order valence-electron chi connectivity index (χ4n) is 4.56. The van der Waals surface area contributed by atoms with Crippen LogP contribution in [0.2, 0.25) is 5.02 Å². The number of nitrogens with zero attached hydrogens (tertiary/aromatic N) is 1. The molecule has 0 spiro atoms. The van der Waals surface area contributed by atoms with Crippen LogP contribution < -0.4 is 14.4 Å². The molecule has 0 fully saturated rings. The molecule has 3 aromatic carbocycles. The van der Waals surface area contributed by atoms with Gasteiger partial charge in [0.1, 0.15) is 11.5 Å². The molecule has 1 aliphatic heterocycles. The lowest BCUT2D eigenvalue weighted by Gasteiger charge is -2.27. The predicted molar refractivity (Wildman–Crippen MR) is 147 cm³/mol. The third-order valence-corrected chi connectivity index (χ3v) is 6.55. The Morgan fingerprint density at radius 2 is 1.82 bits per heavy atom. The Hall–Kier alpha value is -4.43. The van der Waals surface area contributed by atoms with Gasteiger partial charge in [-0.2, -0.15) is 0 Å². The van der Waals surface area contributed by atoms with E-state index in [-0.39, 0.29) is 17.1 Å². The van der Waals surface area contributed by atoms with Crippen molar-refractivity contribution in [3.63, 3.8) is 0 Å². The standard InChI is InChI=1S/C30H26ClNO7/c1-16(2)15-38-22-9-7-20(8-10-22)32-26(17-5-4-6-21(33)12-17)25(28(35)30(32)36)27(34)23-13-18-11-19(31)14-24(37-3)29(18)39-23/h4-14,16,26,33,35H,15H2,1-3H3. The number of methoxy groups -OCH3 is 1. The molecule has 4 aromatic rings. The van der Waals surface area contributed by atoms with E-state index in [1.54, 1.807) is 48.5 Å². The number of ether oxygens (including phenoxy) is 2. The molecule has 1 atom stereocenters. The van der Waals surface area contributed by atoms with Crippen LogP contribution in [0, 0.1) is 5.92 Å². The van der Waals surface area contributed by atoms with Crippen LogP contribution in [0.15, 0.2) is 82.5 Å². The number of carbonyl (C=O) groups is 2. The van der Waals surface area contributed by atoms with Crippen LogP contribution in [0.5, 0.6) is 17.2 Å². The number of fused-ring (bicyclic) bond motifs is 1. The summed E-state index contributed by atoms with van der Waals surface area (Å²) in [5.74, 6) is -1.03. The van der Waals surface area contributed by atoms with Crippen molar-refractivity contribution in [1.82, 2.24) is 0 Å². The van der Waals surface area contributed by atoms with Gasteiger partial charge in [0.25, 0.3) is 5.91 Å². The molecule has 0 radical (unpaired) electrons. The lowest BCUT2D eigenvalue weighted by Crippen LogP contribution is -2.31. The molecule has 0 bridgehead atoms. The van der Waals surface area contributed by atoms with E-state index in [0.717, 1.165) is 0 Å². The third-order valence-electron chi connectivity index (χ3n) is 6.33. The summed E-state index contributed by atoms with van der Waals surface area (Å²) in [5.41, 5.74) is 0.970. The first-order valence-corrected chi connectivity index (χ1v) is 12.7. The number of anilines is 1. The van der Waals surface area contributed by atoms with Gasteiger partial charge in [-0.25, -0.2) is 0 Å². The van der Waals surface area contributed by atoms with Crippen LogP contribution in [0.25, 0.3) is 11.0 Å². The molecule has 39 heavy (non-hydrogen) atoms. The zero-order valence-corrected chi connectivity index (χ0v) is 22.2. The first-order valence-electron chi connectivity index (χ1n) is 12.3. The number of aliphatic hydroxyl groups excluding tert-OH is 1. The number of halogens is 1. The van der Waals surface area contributed by atoms with Gasteiger partial charge in [-0.05, 0) is 60.0 Å². The van der Waals surface area contributed by atoms with Gasteiger partial charge in [-0.1, -0.05) is 37.6 Å². The molecule has 200 valence electrons. The van der Waals surface area contributed by atoms with E-state index >= 15 is 0 Å². The summed E-state index contributed by atoms with van der Waals surface area (Å²) in [4.78, 5) is 28.6. The first-order chi connectivity index (χ1) is 18.7. The van der Waals surface area contributed by atoms with Gasteiger partial charge in [0.15, 0.2) is 22.9 Å². The van der Waals surface area contributed by atoms with Crippen molar-refractivity contribution in [2.75, 3.05) is 18.6 Å². The van der Waals surface area contributed by atoms with E-state index < -0.39 is 23.5 Å². The Kier molecular flexibility index (Phi) is 6.97.